The van der Waals surface area contributed by atoms with Crippen molar-refractivity contribution in [3.05, 3.63) is 24.2 Å². The van der Waals surface area contributed by atoms with Crippen LogP contribution < -0.4 is 5.73 Å². The first-order chi connectivity index (χ1) is 8.69. The third-order valence-electron chi connectivity index (χ3n) is 2.57. The Morgan fingerprint density at radius 1 is 1.44 bits per heavy atom. The minimum atomic E-state index is 0.478. The molecule has 2 N–H and O–H groups in total. The fourth-order valence-electron chi connectivity index (χ4n) is 1.30. The topological polar surface area (TPSA) is 77.8 Å². The Bertz CT molecular complexity index is 497. The molecule has 1 atom stereocenters. The Morgan fingerprint density at radius 3 is 2.94 bits per heavy atom. The molecule has 1 unspecified atom stereocenters. The average molecular weight is 264 g/mol. The van der Waals surface area contributed by atoms with Gasteiger partial charge >= 0.3 is 0 Å². The molecule has 0 fully saturated rings. The monoisotopic (exact) mass is 264 g/mol. The zero-order valence-electron chi connectivity index (χ0n) is 10.5. The van der Waals surface area contributed by atoms with E-state index in [9.17, 15) is 0 Å². The molecule has 18 heavy (non-hydrogen) atoms. The Morgan fingerprint density at radius 2 is 2.28 bits per heavy atom. The SMILES string of the molecule is CCC(C)SCc1noc(-c2ccc(N)nc2)n1. The number of rotatable bonds is 5. The number of hydrogen-bond donors (Lipinski definition) is 1. The van der Waals surface area contributed by atoms with Crippen LogP contribution in [0.25, 0.3) is 11.5 Å². The largest absolute Gasteiger partial charge is 0.384 e. The highest BCUT2D eigenvalue weighted by Crippen LogP contribution is 2.21. The molecule has 0 aliphatic heterocycles. The van der Waals surface area contributed by atoms with E-state index in [2.05, 4.69) is 29.0 Å². The maximum absolute atomic E-state index is 5.53. The van der Waals surface area contributed by atoms with Crippen LogP contribution in [0.3, 0.4) is 0 Å². The van der Waals surface area contributed by atoms with Crippen molar-refractivity contribution in [2.45, 2.75) is 31.3 Å². The number of nitrogens with zero attached hydrogens (tertiary/aromatic N) is 3. The van der Waals surface area contributed by atoms with Gasteiger partial charge in [0.05, 0.1) is 11.3 Å². The van der Waals surface area contributed by atoms with E-state index < -0.39 is 0 Å². The van der Waals surface area contributed by atoms with Crippen LogP contribution in [0.4, 0.5) is 5.82 Å². The van der Waals surface area contributed by atoms with Crippen LogP contribution in [0.2, 0.25) is 0 Å². The van der Waals surface area contributed by atoms with Crippen molar-refractivity contribution >= 4 is 17.6 Å². The van der Waals surface area contributed by atoms with Crippen molar-refractivity contribution in [3.63, 3.8) is 0 Å². The maximum atomic E-state index is 5.53. The summed E-state index contributed by atoms with van der Waals surface area (Å²) < 4.78 is 5.20. The quantitative estimate of drug-likeness (QED) is 0.894. The molecule has 0 aromatic carbocycles. The molecule has 2 rings (SSSR count). The summed E-state index contributed by atoms with van der Waals surface area (Å²) in [5.41, 5.74) is 6.31. The highest BCUT2D eigenvalue weighted by Gasteiger charge is 2.10. The Labute approximate surface area is 110 Å². The van der Waals surface area contributed by atoms with Gasteiger partial charge in [-0.1, -0.05) is 19.0 Å². The molecule has 0 aliphatic rings. The normalized spacial score (nSPS) is 12.6. The zero-order chi connectivity index (χ0) is 13.0. The second-order valence-corrected chi connectivity index (χ2v) is 5.44. The lowest BCUT2D eigenvalue weighted by molar-refractivity contribution is 0.425. The first-order valence-electron chi connectivity index (χ1n) is 5.85. The fraction of sp³-hybridized carbons (Fsp3) is 0.417. The number of pyridine rings is 1. The van der Waals surface area contributed by atoms with Crippen molar-refractivity contribution in [2.24, 2.45) is 0 Å². The molecule has 6 heteroatoms. The van der Waals surface area contributed by atoms with Gasteiger partial charge in [-0.15, -0.1) is 0 Å². The summed E-state index contributed by atoms with van der Waals surface area (Å²) in [5, 5.41) is 4.56. The van der Waals surface area contributed by atoms with Crippen LogP contribution in [0.15, 0.2) is 22.9 Å². The van der Waals surface area contributed by atoms with Crippen LogP contribution >= 0.6 is 11.8 Å². The van der Waals surface area contributed by atoms with Crippen molar-refractivity contribution < 1.29 is 4.52 Å². The van der Waals surface area contributed by atoms with Crippen molar-refractivity contribution in [3.8, 4) is 11.5 Å². The van der Waals surface area contributed by atoms with Gasteiger partial charge < -0.3 is 10.3 Å². The molecule has 0 radical (unpaired) electrons. The zero-order valence-corrected chi connectivity index (χ0v) is 11.3. The lowest BCUT2D eigenvalue weighted by atomic mass is 10.3. The summed E-state index contributed by atoms with van der Waals surface area (Å²) in [6.07, 6.45) is 2.77. The van der Waals surface area contributed by atoms with Crippen LogP contribution in [0, 0.1) is 0 Å². The molecule has 2 aromatic rings. The van der Waals surface area contributed by atoms with Gasteiger partial charge in [-0.2, -0.15) is 16.7 Å². The van der Waals surface area contributed by atoms with Gasteiger partial charge in [0.25, 0.3) is 5.89 Å². The van der Waals surface area contributed by atoms with E-state index in [1.807, 2.05) is 17.8 Å². The molecule has 0 aliphatic carbocycles. The highest BCUT2D eigenvalue weighted by atomic mass is 32.2. The van der Waals surface area contributed by atoms with Crippen LogP contribution in [0.1, 0.15) is 26.1 Å². The molecule has 96 valence electrons. The first-order valence-corrected chi connectivity index (χ1v) is 6.90. The lowest BCUT2D eigenvalue weighted by Gasteiger charge is -2.04. The lowest BCUT2D eigenvalue weighted by Crippen LogP contribution is -1.94. The van der Waals surface area contributed by atoms with E-state index in [-0.39, 0.29) is 0 Å². The van der Waals surface area contributed by atoms with Gasteiger partial charge in [-0.3, -0.25) is 0 Å². The Balaban J connectivity index is 2.03. The van der Waals surface area contributed by atoms with E-state index in [0.717, 1.165) is 17.7 Å². The van der Waals surface area contributed by atoms with Crippen LogP contribution in [-0.2, 0) is 5.75 Å². The van der Waals surface area contributed by atoms with Crippen molar-refractivity contribution in [1.82, 2.24) is 15.1 Å². The maximum Gasteiger partial charge on any atom is 0.259 e. The van der Waals surface area contributed by atoms with Crippen molar-refractivity contribution in [1.29, 1.82) is 0 Å². The van der Waals surface area contributed by atoms with E-state index in [1.165, 1.54) is 0 Å². The van der Waals surface area contributed by atoms with Gasteiger partial charge in [-0.25, -0.2) is 4.98 Å². The number of nitrogen functional groups attached to an aromatic ring is 1. The minimum absolute atomic E-state index is 0.478. The smallest absolute Gasteiger partial charge is 0.259 e. The second kappa shape index (κ2) is 5.86. The standard InChI is InChI=1S/C12H16N4OS/c1-3-8(2)18-7-11-15-12(17-16-11)9-4-5-10(13)14-6-9/h4-6,8H,3,7H2,1-2H3,(H2,13,14). The molecular formula is C12H16N4OS. The summed E-state index contributed by atoms with van der Waals surface area (Å²) in [6, 6.07) is 3.54. The van der Waals surface area contributed by atoms with Gasteiger partial charge in [0.15, 0.2) is 5.82 Å². The molecular weight excluding hydrogens is 248 g/mol. The predicted octanol–water partition coefficient (Wildman–Crippen LogP) is 2.75. The number of thioether (sulfide) groups is 1. The van der Waals surface area contributed by atoms with E-state index in [4.69, 9.17) is 10.3 Å². The Kier molecular flexibility index (Phi) is 4.19. The second-order valence-electron chi connectivity index (χ2n) is 4.02. The molecule has 5 nitrogen and oxygen atoms in total. The van der Waals surface area contributed by atoms with E-state index in [1.54, 1.807) is 12.3 Å². The number of nitrogens with two attached hydrogens (primary N) is 1. The summed E-state index contributed by atoms with van der Waals surface area (Å²) >= 11 is 1.82. The molecule has 2 heterocycles. The summed E-state index contributed by atoms with van der Waals surface area (Å²) in [7, 11) is 0. The molecule has 0 saturated heterocycles. The van der Waals surface area contributed by atoms with Gasteiger partial charge in [0.2, 0.25) is 0 Å². The predicted molar refractivity (Wildman–Crippen MR) is 73.0 cm³/mol. The number of hydrogen-bond acceptors (Lipinski definition) is 6. The molecule has 0 amide bonds. The van der Waals surface area contributed by atoms with Crippen molar-refractivity contribution in [2.75, 3.05) is 5.73 Å². The van der Waals surface area contributed by atoms with Gasteiger partial charge in [0.1, 0.15) is 5.82 Å². The first kappa shape index (κ1) is 12.9. The summed E-state index contributed by atoms with van der Waals surface area (Å²) in [4.78, 5) is 8.33. The minimum Gasteiger partial charge on any atom is -0.384 e. The van der Waals surface area contributed by atoms with Gasteiger partial charge in [-0.05, 0) is 18.6 Å². The Hall–Kier alpha value is -1.56. The third kappa shape index (κ3) is 3.22. The number of anilines is 1. The highest BCUT2D eigenvalue weighted by molar-refractivity contribution is 7.99. The van der Waals surface area contributed by atoms with Crippen LogP contribution in [0.5, 0.6) is 0 Å². The van der Waals surface area contributed by atoms with Crippen LogP contribution in [-0.4, -0.2) is 20.4 Å². The molecule has 0 bridgehead atoms. The van der Waals surface area contributed by atoms with E-state index >= 15 is 0 Å². The average Bonchev–Trinajstić information content (AvgIpc) is 2.85. The van der Waals surface area contributed by atoms with Gasteiger partial charge in [0, 0.05) is 11.4 Å². The summed E-state index contributed by atoms with van der Waals surface area (Å²) in [6.45, 7) is 4.36. The summed E-state index contributed by atoms with van der Waals surface area (Å²) in [5.74, 6) is 2.45. The third-order valence-corrected chi connectivity index (χ3v) is 3.90. The fourth-order valence-corrected chi connectivity index (χ4v) is 2.08. The van der Waals surface area contributed by atoms with E-state index in [0.29, 0.717) is 22.8 Å². The molecule has 0 saturated carbocycles. The number of aromatic nitrogens is 3. The molecule has 2 aromatic heterocycles. The molecule has 0 spiro atoms.